The third-order valence-corrected chi connectivity index (χ3v) is 5.78. The van der Waals surface area contributed by atoms with Crippen molar-refractivity contribution in [3.8, 4) is 0 Å². The third kappa shape index (κ3) is 7.13. The van der Waals surface area contributed by atoms with Crippen molar-refractivity contribution in [3.63, 3.8) is 0 Å². The monoisotopic (exact) mass is 513 g/mol. The first-order valence-corrected chi connectivity index (χ1v) is 10.8. The van der Waals surface area contributed by atoms with Crippen molar-refractivity contribution in [2.75, 3.05) is 38.0 Å². The molecule has 3 N–H and O–H groups in total. The number of aliphatic imine (C=N–C) groups is 1. The fraction of sp³-hybridized carbons (Fsp3) is 0.636. The normalized spacial score (nSPS) is 22.3. The molecule has 2 aliphatic heterocycles. The summed E-state index contributed by atoms with van der Waals surface area (Å²) >= 11 is 0. The Morgan fingerprint density at radius 3 is 2.90 bits per heavy atom. The number of piperidine rings is 1. The van der Waals surface area contributed by atoms with Gasteiger partial charge < -0.3 is 20.9 Å². The van der Waals surface area contributed by atoms with Gasteiger partial charge in [0.2, 0.25) is 5.91 Å². The van der Waals surface area contributed by atoms with Crippen LogP contribution >= 0.6 is 24.0 Å². The van der Waals surface area contributed by atoms with Gasteiger partial charge >= 0.3 is 0 Å². The fourth-order valence-corrected chi connectivity index (χ4v) is 4.19. The average Bonchev–Trinajstić information content (AvgIpc) is 2.70. The zero-order valence-corrected chi connectivity index (χ0v) is 20.1. The van der Waals surface area contributed by atoms with Crippen molar-refractivity contribution in [1.82, 2.24) is 15.5 Å². The van der Waals surface area contributed by atoms with Gasteiger partial charge in [0, 0.05) is 43.7 Å². The molecule has 1 amide bonds. The summed E-state index contributed by atoms with van der Waals surface area (Å²) in [4.78, 5) is 19.4. The number of rotatable bonds is 7. The molecule has 3 rings (SSSR count). The number of amides is 1. The summed E-state index contributed by atoms with van der Waals surface area (Å²) in [7, 11) is 0. The largest absolute Gasteiger partial charge is 0.357 e. The number of halogens is 1. The standard InChI is InChI=1S/C22H35N5O.HI/c1-3-23-22(24-12-8-14-27-13-7-6-9-17(27)2)25-16-18-15-21(28)26-20-11-5-4-10-19(18)20;/h4-5,10-11,17-18H,3,6-9,12-16H2,1-2H3,(H,26,28)(H2,23,24,25);1H. The van der Waals surface area contributed by atoms with Crippen LogP contribution in [0.4, 0.5) is 5.69 Å². The number of anilines is 1. The Bertz CT molecular complexity index is 681. The minimum absolute atomic E-state index is 0. The molecule has 1 aromatic rings. The predicted molar refractivity (Wildman–Crippen MR) is 131 cm³/mol. The Balaban J connectivity index is 0.00000300. The van der Waals surface area contributed by atoms with E-state index in [1.54, 1.807) is 0 Å². The minimum Gasteiger partial charge on any atom is -0.357 e. The number of carbonyl (C=O) groups excluding carboxylic acids is 1. The Kier molecular flexibility index (Phi) is 10.2. The van der Waals surface area contributed by atoms with Gasteiger partial charge in [0.1, 0.15) is 0 Å². The Hall–Kier alpha value is -1.35. The molecule has 6 nitrogen and oxygen atoms in total. The number of fused-ring (bicyclic) bond motifs is 1. The van der Waals surface area contributed by atoms with E-state index in [2.05, 4.69) is 40.8 Å². The summed E-state index contributed by atoms with van der Waals surface area (Å²) < 4.78 is 0. The van der Waals surface area contributed by atoms with Crippen LogP contribution in [0.25, 0.3) is 0 Å². The lowest BCUT2D eigenvalue weighted by atomic mass is 9.91. The summed E-state index contributed by atoms with van der Waals surface area (Å²) in [5, 5.41) is 9.75. The fourth-order valence-electron chi connectivity index (χ4n) is 4.19. The van der Waals surface area contributed by atoms with Gasteiger partial charge in [0.15, 0.2) is 5.96 Å². The SMILES string of the molecule is CCNC(=NCC1CC(=O)Nc2ccccc21)NCCCN1CCCCC1C.I. The van der Waals surface area contributed by atoms with Crippen molar-refractivity contribution in [2.24, 2.45) is 4.99 Å². The molecule has 0 saturated carbocycles. The number of nitrogens with zero attached hydrogens (tertiary/aromatic N) is 2. The van der Waals surface area contributed by atoms with E-state index in [-0.39, 0.29) is 35.8 Å². The van der Waals surface area contributed by atoms with Gasteiger partial charge in [0.25, 0.3) is 0 Å². The zero-order chi connectivity index (χ0) is 19.8. The molecule has 2 unspecified atom stereocenters. The second-order valence-corrected chi connectivity index (χ2v) is 7.92. The van der Waals surface area contributed by atoms with Crippen LogP contribution in [0.5, 0.6) is 0 Å². The molecule has 2 atom stereocenters. The lowest BCUT2D eigenvalue weighted by Crippen LogP contribution is -2.41. The average molecular weight is 513 g/mol. The molecule has 2 heterocycles. The Morgan fingerprint density at radius 2 is 2.10 bits per heavy atom. The Morgan fingerprint density at radius 1 is 1.28 bits per heavy atom. The first kappa shape index (κ1) is 23.9. The molecular weight excluding hydrogens is 477 g/mol. The van der Waals surface area contributed by atoms with E-state index in [1.165, 1.54) is 31.4 Å². The van der Waals surface area contributed by atoms with Crippen LogP contribution in [-0.2, 0) is 4.79 Å². The summed E-state index contributed by atoms with van der Waals surface area (Å²) in [5.41, 5.74) is 2.10. The molecule has 1 saturated heterocycles. The maximum atomic E-state index is 12.0. The second-order valence-electron chi connectivity index (χ2n) is 7.92. The van der Waals surface area contributed by atoms with Gasteiger partial charge in [0.05, 0.1) is 6.54 Å². The van der Waals surface area contributed by atoms with E-state index in [1.807, 2.05) is 18.2 Å². The van der Waals surface area contributed by atoms with E-state index < -0.39 is 0 Å². The second kappa shape index (κ2) is 12.4. The highest BCUT2D eigenvalue weighted by Gasteiger charge is 2.24. The first-order chi connectivity index (χ1) is 13.7. The maximum absolute atomic E-state index is 12.0. The maximum Gasteiger partial charge on any atom is 0.225 e. The predicted octanol–water partition coefficient (Wildman–Crippen LogP) is 3.55. The molecule has 2 aliphatic rings. The summed E-state index contributed by atoms with van der Waals surface area (Å²) in [6.45, 7) is 9.16. The Labute approximate surface area is 192 Å². The summed E-state index contributed by atoms with van der Waals surface area (Å²) in [6, 6.07) is 8.76. The molecule has 0 radical (unpaired) electrons. The van der Waals surface area contributed by atoms with Crippen molar-refractivity contribution in [3.05, 3.63) is 29.8 Å². The van der Waals surface area contributed by atoms with Crippen molar-refractivity contribution in [1.29, 1.82) is 0 Å². The van der Waals surface area contributed by atoms with Crippen LogP contribution in [0.1, 0.15) is 57.4 Å². The van der Waals surface area contributed by atoms with Gasteiger partial charge in [-0.05, 0) is 51.3 Å². The number of hydrogen-bond donors (Lipinski definition) is 3. The highest BCUT2D eigenvalue weighted by Crippen LogP contribution is 2.31. The molecular formula is C22H36IN5O. The number of likely N-dealkylation sites (tertiary alicyclic amines) is 1. The molecule has 7 heteroatoms. The van der Waals surface area contributed by atoms with Crippen LogP contribution in [0.2, 0.25) is 0 Å². The topological polar surface area (TPSA) is 68.8 Å². The van der Waals surface area contributed by atoms with Crippen molar-refractivity contribution < 1.29 is 4.79 Å². The van der Waals surface area contributed by atoms with E-state index in [0.29, 0.717) is 19.0 Å². The third-order valence-electron chi connectivity index (χ3n) is 5.78. The van der Waals surface area contributed by atoms with Gasteiger partial charge in [-0.15, -0.1) is 24.0 Å². The number of hydrogen-bond acceptors (Lipinski definition) is 3. The smallest absolute Gasteiger partial charge is 0.225 e. The molecule has 0 aromatic heterocycles. The van der Waals surface area contributed by atoms with Gasteiger partial charge in [-0.25, -0.2) is 0 Å². The minimum atomic E-state index is 0. The highest BCUT2D eigenvalue weighted by molar-refractivity contribution is 14.0. The van der Waals surface area contributed by atoms with Gasteiger partial charge in [-0.1, -0.05) is 24.6 Å². The van der Waals surface area contributed by atoms with E-state index in [0.717, 1.165) is 37.7 Å². The first-order valence-electron chi connectivity index (χ1n) is 10.8. The van der Waals surface area contributed by atoms with Crippen molar-refractivity contribution in [2.45, 2.75) is 57.9 Å². The highest BCUT2D eigenvalue weighted by atomic mass is 127. The number of para-hydroxylation sites is 1. The number of benzene rings is 1. The van der Waals surface area contributed by atoms with Crippen LogP contribution < -0.4 is 16.0 Å². The van der Waals surface area contributed by atoms with Crippen LogP contribution in [-0.4, -0.2) is 55.5 Å². The summed E-state index contributed by atoms with van der Waals surface area (Å²) in [6.07, 6.45) is 5.64. The zero-order valence-electron chi connectivity index (χ0n) is 17.7. The van der Waals surface area contributed by atoms with Crippen LogP contribution in [0, 0.1) is 0 Å². The molecule has 162 valence electrons. The van der Waals surface area contributed by atoms with Gasteiger partial charge in [-0.3, -0.25) is 9.79 Å². The molecule has 1 fully saturated rings. The van der Waals surface area contributed by atoms with E-state index in [9.17, 15) is 4.79 Å². The number of carbonyl (C=O) groups is 1. The van der Waals surface area contributed by atoms with Crippen LogP contribution in [0.3, 0.4) is 0 Å². The van der Waals surface area contributed by atoms with Crippen LogP contribution in [0.15, 0.2) is 29.3 Å². The molecule has 1 aromatic carbocycles. The number of nitrogens with one attached hydrogen (secondary N) is 3. The quantitative estimate of drug-likeness (QED) is 0.226. The molecule has 0 aliphatic carbocycles. The van der Waals surface area contributed by atoms with Gasteiger partial charge in [-0.2, -0.15) is 0 Å². The lowest BCUT2D eigenvalue weighted by Gasteiger charge is -2.33. The lowest BCUT2D eigenvalue weighted by molar-refractivity contribution is -0.116. The summed E-state index contributed by atoms with van der Waals surface area (Å²) in [5.74, 6) is 1.06. The van der Waals surface area contributed by atoms with Crippen molar-refractivity contribution >= 4 is 41.5 Å². The molecule has 0 bridgehead atoms. The van der Waals surface area contributed by atoms with E-state index in [4.69, 9.17) is 4.99 Å². The van der Waals surface area contributed by atoms with E-state index >= 15 is 0 Å². The molecule has 0 spiro atoms. The molecule has 29 heavy (non-hydrogen) atoms. The number of guanidine groups is 1.